The average molecular weight is 730 g/mol. The highest BCUT2D eigenvalue weighted by Gasteiger charge is 2.22. The first kappa shape index (κ1) is 31.5. The zero-order chi connectivity index (χ0) is 37.5. The molecule has 0 aliphatic carbocycles. The molecule has 0 amide bonds. The van der Waals surface area contributed by atoms with Gasteiger partial charge in [0.15, 0.2) is 5.58 Å². The Kier molecular flexibility index (Phi) is 6.83. The maximum atomic E-state index is 6.77. The van der Waals surface area contributed by atoms with Gasteiger partial charge < -0.3 is 13.6 Å². The Morgan fingerprint density at radius 2 is 1.02 bits per heavy atom. The molecule has 6 heterocycles. The second-order valence-corrected chi connectivity index (χ2v) is 14.4. The smallest absolute Gasteiger partial charge is 0.159 e. The minimum atomic E-state index is 0.829. The van der Waals surface area contributed by atoms with Gasteiger partial charge in [0.05, 0.1) is 44.5 Å². The molecule has 0 atom stereocenters. The molecule has 6 aromatic heterocycles. The van der Waals surface area contributed by atoms with Crippen LogP contribution in [0.1, 0.15) is 0 Å². The van der Waals surface area contributed by atoms with Crippen molar-refractivity contribution >= 4 is 65.8 Å². The Bertz CT molecular complexity index is 3520. The van der Waals surface area contributed by atoms with Crippen LogP contribution in [0, 0.1) is 0 Å². The van der Waals surface area contributed by atoms with Crippen molar-refractivity contribution in [2.75, 3.05) is 0 Å². The van der Waals surface area contributed by atoms with E-state index in [9.17, 15) is 0 Å². The number of hydrogen-bond acceptors (Lipinski definition) is 4. The molecule has 0 radical (unpaired) electrons. The van der Waals surface area contributed by atoms with E-state index in [2.05, 4.69) is 148 Å². The van der Waals surface area contributed by atoms with Crippen LogP contribution in [0.3, 0.4) is 0 Å². The van der Waals surface area contributed by atoms with E-state index in [1.165, 1.54) is 0 Å². The zero-order valence-corrected chi connectivity index (χ0v) is 30.5. The molecule has 0 fully saturated rings. The fourth-order valence-corrected chi connectivity index (χ4v) is 8.75. The normalized spacial score (nSPS) is 11.9. The SMILES string of the molecule is c1ccc(-n2c3ccc(-c4cc(-n5c6ccc(-c7ccccc7-c7ccccn7)cc6c6ncccc65)c5oc6ccccc6c5c4)cc3c3ncccc32)cc1. The molecular formula is C51H31N5O. The first-order chi connectivity index (χ1) is 28.3. The molecule has 6 aromatic carbocycles. The minimum absolute atomic E-state index is 0.829. The monoisotopic (exact) mass is 729 g/mol. The Hall–Kier alpha value is -7.83. The summed E-state index contributed by atoms with van der Waals surface area (Å²) in [6, 6.07) is 59.6. The minimum Gasteiger partial charge on any atom is -0.454 e. The zero-order valence-electron chi connectivity index (χ0n) is 30.5. The number of aromatic nitrogens is 5. The van der Waals surface area contributed by atoms with Gasteiger partial charge in [-0.3, -0.25) is 15.0 Å². The third kappa shape index (κ3) is 4.81. The molecule has 0 spiro atoms. The first-order valence-corrected chi connectivity index (χ1v) is 19.1. The number of rotatable bonds is 5. The lowest BCUT2D eigenvalue weighted by atomic mass is 9.96. The van der Waals surface area contributed by atoms with Gasteiger partial charge in [-0.15, -0.1) is 0 Å². The highest BCUT2D eigenvalue weighted by Crippen LogP contribution is 2.43. The van der Waals surface area contributed by atoms with Gasteiger partial charge in [-0.05, 0) is 113 Å². The van der Waals surface area contributed by atoms with Gasteiger partial charge in [0.1, 0.15) is 5.58 Å². The largest absolute Gasteiger partial charge is 0.454 e. The molecule has 12 rings (SSSR count). The quantitative estimate of drug-likeness (QED) is 0.177. The summed E-state index contributed by atoms with van der Waals surface area (Å²) < 4.78 is 11.4. The van der Waals surface area contributed by atoms with Crippen LogP contribution in [0.5, 0.6) is 0 Å². The van der Waals surface area contributed by atoms with E-state index >= 15 is 0 Å². The number of fused-ring (bicyclic) bond motifs is 9. The van der Waals surface area contributed by atoms with E-state index in [1.54, 1.807) is 0 Å². The second-order valence-electron chi connectivity index (χ2n) is 14.4. The molecule has 6 heteroatoms. The highest BCUT2D eigenvalue weighted by atomic mass is 16.3. The summed E-state index contributed by atoms with van der Waals surface area (Å²) in [5, 5.41) is 4.30. The van der Waals surface area contributed by atoms with Gasteiger partial charge >= 0.3 is 0 Å². The molecule has 0 N–H and O–H groups in total. The highest BCUT2D eigenvalue weighted by molar-refractivity contribution is 6.14. The van der Waals surface area contributed by atoms with E-state index < -0.39 is 0 Å². The molecule has 0 saturated carbocycles. The second kappa shape index (κ2) is 12.3. The molecule has 12 aromatic rings. The summed E-state index contributed by atoms with van der Waals surface area (Å²) in [5.41, 5.74) is 16.3. The van der Waals surface area contributed by atoms with Crippen LogP contribution in [-0.4, -0.2) is 24.1 Å². The van der Waals surface area contributed by atoms with Gasteiger partial charge in [-0.25, -0.2) is 0 Å². The van der Waals surface area contributed by atoms with E-state index in [1.807, 2.05) is 55.0 Å². The fraction of sp³-hybridized carbons (Fsp3) is 0. The summed E-state index contributed by atoms with van der Waals surface area (Å²) in [4.78, 5) is 14.6. The van der Waals surface area contributed by atoms with Gasteiger partial charge in [-0.1, -0.05) is 78.9 Å². The van der Waals surface area contributed by atoms with E-state index in [-0.39, 0.29) is 0 Å². The summed E-state index contributed by atoms with van der Waals surface area (Å²) >= 11 is 0. The maximum Gasteiger partial charge on any atom is 0.159 e. The average Bonchev–Trinajstić information content (AvgIpc) is 3.94. The molecular weight excluding hydrogens is 699 g/mol. The number of hydrogen-bond donors (Lipinski definition) is 0. The van der Waals surface area contributed by atoms with Crippen molar-refractivity contribution in [1.29, 1.82) is 0 Å². The molecule has 0 saturated heterocycles. The Morgan fingerprint density at radius 1 is 0.386 bits per heavy atom. The topological polar surface area (TPSA) is 61.7 Å². The summed E-state index contributed by atoms with van der Waals surface area (Å²) in [5.74, 6) is 0. The summed E-state index contributed by atoms with van der Waals surface area (Å²) in [6.07, 6.45) is 5.60. The summed E-state index contributed by atoms with van der Waals surface area (Å²) in [7, 11) is 0. The predicted octanol–water partition coefficient (Wildman–Crippen LogP) is 13.0. The third-order valence-corrected chi connectivity index (χ3v) is 11.3. The van der Waals surface area contributed by atoms with Crippen molar-refractivity contribution in [1.82, 2.24) is 24.1 Å². The molecule has 0 aliphatic rings. The van der Waals surface area contributed by atoms with E-state index in [4.69, 9.17) is 14.4 Å². The lowest BCUT2D eigenvalue weighted by Crippen LogP contribution is -1.96. The van der Waals surface area contributed by atoms with Crippen LogP contribution in [-0.2, 0) is 0 Å². The molecule has 6 nitrogen and oxygen atoms in total. The maximum absolute atomic E-state index is 6.77. The standard InChI is InChI=1S/C51H31N5O/c1-2-12-35(13-3-1)55-43-23-21-32(28-40(43)49-45(55)18-10-26-53-49)34-30-39-38-16-6-7-20-48(38)57-51(39)47(31-34)56-44-24-22-33(29-41(44)50-46(56)19-11-27-54-50)36-14-4-5-15-37(36)42-17-8-9-25-52-42/h1-31H. The van der Waals surface area contributed by atoms with Crippen molar-refractivity contribution in [3.63, 3.8) is 0 Å². The van der Waals surface area contributed by atoms with Gasteiger partial charge in [0.2, 0.25) is 0 Å². The van der Waals surface area contributed by atoms with Crippen molar-refractivity contribution in [2.24, 2.45) is 0 Å². The van der Waals surface area contributed by atoms with Gasteiger partial charge in [-0.2, -0.15) is 0 Å². The number of nitrogens with zero attached hydrogens (tertiary/aromatic N) is 5. The van der Waals surface area contributed by atoms with Crippen LogP contribution in [0.4, 0.5) is 0 Å². The lowest BCUT2D eigenvalue weighted by molar-refractivity contribution is 0.666. The number of para-hydroxylation sites is 2. The van der Waals surface area contributed by atoms with Crippen LogP contribution in [0.25, 0.3) is 111 Å². The molecule has 0 unspecified atom stereocenters. The van der Waals surface area contributed by atoms with Crippen LogP contribution >= 0.6 is 0 Å². The van der Waals surface area contributed by atoms with Crippen molar-refractivity contribution in [2.45, 2.75) is 0 Å². The first-order valence-electron chi connectivity index (χ1n) is 19.1. The third-order valence-electron chi connectivity index (χ3n) is 11.3. The van der Waals surface area contributed by atoms with Gasteiger partial charge in [0, 0.05) is 51.4 Å². The van der Waals surface area contributed by atoms with E-state index in [0.717, 1.165) is 111 Å². The number of furan rings is 1. The lowest BCUT2D eigenvalue weighted by Gasteiger charge is -2.13. The Labute approximate surface area is 326 Å². The Morgan fingerprint density at radius 3 is 1.81 bits per heavy atom. The van der Waals surface area contributed by atoms with Gasteiger partial charge in [0.25, 0.3) is 0 Å². The molecule has 266 valence electrons. The van der Waals surface area contributed by atoms with Crippen molar-refractivity contribution in [3.05, 3.63) is 188 Å². The van der Waals surface area contributed by atoms with Crippen LogP contribution in [0.2, 0.25) is 0 Å². The number of benzene rings is 6. The van der Waals surface area contributed by atoms with E-state index in [0.29, 0.717) is 0 Å². The van der Waals surface area contributed by atoms with Crippen molar-refractivity contribution in [3.8, 4) is 44.9 Å². The Balaban J connectivity index is 1.11. The summed E-state index contributed by atoms with van der Waals surface area (Å²) in [6.45, 7) is 0. The van der Waals surface area contributed by atoms with Crippen LogP contribution in [0.15, 0.2) is 193 Å². The molecule has 0 bridgehead atoms. The molecule has 57 heavy (non-hydrogen) atoms. The van der Waals surface area contributed by atoms with Crippen molar-refractivity contribution < 1.29 is 4.42 Å². The number of pyridine rings is 3. The fourth-order valence-electron chi connectivity index (χ4n) is 8.75. The van der Waals surface area contributed by atoms with Crippen LogP contribution < -0.4 is 0 Å². The molecule has 0 aliphatic heterocycles. The predicted molar refractivity (Wildman–Crippen MR) is 232 cm³/mol.